The van der Waals surface area contributed by atoms with Gasteiger partial charge in [0.25, 0.3) is 5.91 Å². The summed E-state index contributed by atoms with van der Waals surface area (Å²) in [7, 11) is 2.07. The summed E-state index contributed by atoms with van der Waals surface area (Å²) < 4.78 is 0.794. The van der Waals surface area contributed by atoms with E-state index in [1.165, 1.54) is 0 Å². The van der Waals surface area contributed by atoms with Crippen molar-refractivity contribution in [3.8, 4) is 0 Å². The van der Waals surface area contributed by atoms with Crippen LogP contribution in [0.5, 0.6) is 0 Å². The molecule has 106 valence electrons. The van der Waals surface area contributed by atoms with Gasteiger partial charge in [-0.15, -0.1) is 0 Å². The Morgan fingerprint density at radius 3 is 2.79 bits per heavy atom. The van der Waals surface area contributed by atoms with Gasteiger partial charge in [0, 0.05) is 29.2 Å². The van der Waals surface area contributed by atoms with Crippen LogP contribution in [-0.4, -0.2) is 37.0 Å². The van der Waals surface area contributed by atoms with Crippen LogP contribution in [0.25, 0.3) is 0 Å². The Morgan fingerprint density at radius 1 is 1.53 bits per heavy atom. The fourth-order valence-corrected chi connectivity index (χ4v) is 2.04. The fourth-order valence-electron chi connectivity index (χ4n) is 1.62. The molecule has 1 amide bonds. The van der Waals surface area contributed by atoms with Crippen LogP contribution in [0.1, 0.15) is 30.6 Å². The van der Waals surface area contributed by atoms with E-state index in [0.717, 1.165) is 17.4 Å². The molecule has 0 aliphatic heterocycles. The van der Waals surface area contributed by atoms with E-state index in [4.69, 9.17) is 11.6 Å². The quantitative estimate of drug-likeness (QED) is 0.853. The number of nitrogens with zero attached hydrogens (tertiary/aromatic N) is 1. The van der Waals surface area contributed by atoms with Gasteiger partial charge in [0.1, 0.15) is 0 Å². The zero-order valence-corrected chi connectivity index (χ0v) is 13.9. The van der Waals surface area contributed by atoms with E-state index < -0.39 is 0 Å². The SMILES string of the molecule is CCC(C)N(C)CCNC(=O)c1ccc(Br)c(Cl)c1. The van der Waals surface area contributed by atoms with E-state index in [9.17, 15) is 4.79 Å². The van der Waals surface area contributed by atoms with Crippen molar-refractivity contribution in [1.29, 1.82) is 0 Å². The van der Waals surface area contributed by atoms with Gasteiger partial charge in [-0.2, -0.15) is 0 Å². The minimum Gasteiger partial charge on any atom is -0.351 e. The van der Waals surface area contributed by atoms with Crippen molar-refractivity contribution in [2.45, 2.75) is 26.3 Å². The van der Waals surface area contributed by atoms with E-state index in [0.29, 0.717) is 23.2 Å². The monoisotopic (exact) mass is 346 g/mol. The summed E-state index contributed by atoms with van der Waals surface area (Å²) in [5, 5.41) is 3.45. The maximum absolute atomic E-state index is 11.9. The molecular formula is C14H20BrClN2O. The average Bonchev–Trinajstić information content (AvgIpc) is 2.40. The molecule has 0 aliphatic carbocycles. The molecule has 1 aromatic rings. The molecule has 0 spiro atoms. The minimum atomic E-state index is -0.0908. The summed E-state index contributed by atoms with van der Waals surface area (Å²) in [5.41, 5.74) is 0.583. The van der Waals surface area contributed by atoms with E-state index in [1.54, 1.807) is 18.2 Å². The van der Waals surface area contributed by atoms with Crippen LogP contribution in [-0.2, 0) is 0 Å². The summed E-state index contributed by atoms with van der Waals surface area (Å²) in [6.45, 7) is 5.80. The van der Waals surface area contributed by atoms with Gasteiger partial charge in [-0.05, 0) is 54.5 Å². The number of nitrogens with one attached hydrogen (secondary N) is 1. The highest BCUT2D eigenvalue weighted by molar-refractivity contribution is 9.10. The first kappa shape index (κ1) is 16.5. The Bertz CT molecular complexity index is 439. The standard InChI is InChI=1S/C14H20BrClN2O/c1-4-10(2)18(3)8-7-17-14(19)11-5-6-12(15)13(16)9-11/h5-6,9-10H,4,7-8H2,1-3H3,(H,17,19). The number of carbonyl (C=O) groups excluding carboxylic acids is 1. The second-order valence-electron chi connectivity index (χ2n) is 4.62. The van der Waals surface area contributed by atoms with Crippen LogP contribution in [0.4, 0.5) is 0 Å². The van der Waals surface area contributed by atoms with Gasteiger partial charge in [-0.25, -0.2) is 0 Å². The van der Waals surface area contributed by atoms with Crippen LogP contribution in [0.3, 0.4) is 0 Å². The Kier molecular flexibility index (Phi) is 6.83. The van der Waals surface area contributed by atoms with E-state index in [-0.39, 0.29) is 5.91 Å². The van der Waals surface area contributed by atoms with Gasteiger partial charge in [-0.1, -0.05) is 18.5 Å². The number of carbonyl (C=O) groups is 1. The summed E-state index contributed by atoms with van der Waals surface area (Å²) in [4.78, 5) is 14.2. The summed E-state index contributed by atoms with van der Waals surface area (Å²) in [5.74, 6) is -0.0908. The zero-order chi connectivity index (χ0) is 14.4. The number of halogens is 2. The lowest BCUT2D eigenvalue weighted by Crippen LogP contribution is -2.37. The molecule has 0 aromatic heterocycles. The molecule has 0 heterocycles. The Morgan fingerprint density at radius 2 is 2.21 bits per heavy atom. The first-order valence-electron chi connectivity index (χ1n) is 6.39. The first-order valence-corrected chi connectivity index (χ1v) is 7.56. The molecule has 3 nitrogen and oxygen atoms in total. The van der Waals surface area contributed by atoms with E-state index >= 15 is 0 Å². The van der Waals surface area contributed by atoms with E-state index in [2.05, 4.69) is 47.0 Å². The molecule has 0 bridgehead atoms. The number of benzene rings is 1. The molecule has 1 atom stereocenters. The summed E-state index contributed by atoms with van der Waals surface area (Å²) in [6.07, 6.45) is 1.10. The van der Waals surface area contributed by atoms with Crippen molar-refractivity contribution in [1.82, 2.24) is 10.2 Å². The second-order valence-corrected chi connectivity index (χ2v) is 5.88. The molecule has 5 heteroatoms. The molecule has 1 rings (SSSR count). The molecule has 0 radical (unpaired) electrons. The third-order valence-electron chi connectivity index (χ3n) is 3.28. The molecular weight excluding hydrogens is 328 g/mol. The average molecular weight is 348 g/mol. The number of likely N-dealkylation sites (N-methyl/N-ethyl adjacent to an activating group) is 1. The molecule has 0 aliphatic rings. The van der Waals surface area contributed by atoms with Crippen LogP contribution in [0.15, 0.2) is 22.7 Å². The smallest absolute Gasteiger partial charge is 0.251 e. The normalized spacial score (nSPS) is 12.5. The molecule has 0 saturated carbocycles. The molecule has 1 N–H and O–H groups in total. The highest BCUT2D eigenvalue weighted by Gasteiger charge is 2.09. The van der Waals surface area contributed by atoms with Crippen molar-refractivity contribution in [2.24, 2.45) is 0 Å². The number of hydrogen-bond donors (Lipinski definition) is 1. The van der Waals surface area contributed by atoms with Crippen LogP contribution < -0.4 is 5.32 Å². The van der Waals surface area contributed by atoms with Crippen molar-refractivity contribution < 1.29 is 4.79 Å². The molecule has 1 unspecified atom stereocenters. The minimum absolute atomic E-state index is 0.0908. The maximum Gasteiger partial charge on any atom is 0.251 e. The molecule has 1 aromatic carbocycles. The number of hydrogen-bond acceptors (Lipinski definition) is 2. The maximum atomic E-state index is 11.9. The third kappa shape index (κ3) is 5.13. The third-order valence-corrected chi connectivity index (χ3v) is 4.51. The number of amides is 1. The lowest BCUT2D eigenvalue weighted by atomic mass is 10.2. The van der Waals surface area contributed by atoms with Crippen LogP contribution in [0.2, 0.25) is 5.02 Å². The van der Waals surface area contributed by atoms with Crippen molar-refractivity contribution in [3.05, 3.63) is 33.3 Å². The lowest BCUT2D eigenvalue weighted by Gasteiger charge is -2.23. The van der Waals surface area contributed by atoms with Crippen molar-refractivity contribution in [2.75, 3.05) is 20.1 Å². The highest BCUT2D eigenvalue weighted by atomic mass is 79.9. The van der Waals surface area contributed by atoms with Gasteiger partial charge in [0.05, 0.1) is 5.02 Å². The zero-order valence-electron chi connectivity index (χ0n) is 11.5. The van der Waals surface area contributed by atoms with Gasteiger partial charge in [0.15, 0.2) is 0 Å². The summed E-state index contributed by atoms with van der Waals surface area (Å²) >= 11 is 9.27. The Hall–Kier alpha value is -0.580. The summed E-state index contributed by atoms with van der Waals surface area (Å²) in [6, 6.07) is 5.73. The molecule has 0 fully saturated rings. The van der Waals surface area contributed by atoms with Gasteiger partial charge < -0.3 is 10.2 Å². The van der Waals surface area contributed by atoms with Crippen molar-refractivity contribution in [3.63, 3.8) is 0 Å². The molecule has 0 saturated heterocycles. The van der Waals surface area contributed by atoms with Crippen LogP contribution in [0, 0.1) is 0 Å². The largest absolute Gasteiger partial charge is 0.351 e. The number of rotatable bonds is 6. The van der Waals surface area contributed by atoms with Crippen molar-refractivity contribution >= 4 is 33.4 Å². The van der Waals surface area contributed by atoms with Gasteiger partial charge >= 0.3 is 0 Å². The Balaban J connectivity index is 2.45. The predicted molar refractivity (Wildman–Crippen MR) is 83.9 cm³/mol. The first-order chi connectivity index (χ1) is 8.95. The topological polar surface area (TPSA) is 32.3 Å². The van der Waals surface area contributed by atoms with Gasteiger partial charge in [-0.3, -0.25) is 4.79 Å². The highest BCUT2D eigenvalue weighted by Crippen LogP contribution is 2.23. The van der Waals surface area contributed by atoms with E-state index in [1.807, 2.05) is 0 Å². The second kappa shape index (κ2) is 7.88. The fraction of sp³-hybridized carbons (Fsp3) is 0.500. The van der Waals surface area contributed by atoms with Crippen LogP contribution >= 0.6 is 27.5 Å². The molecule has 19 heavy (non-hydrogen) atoms. The Labute approximate surface area is 128 Å². The predicted octanol–water partition coefficient (Wildman–Crippen LogP) is 3.56. The van der Waals surface area contributed by atoms with Gasteiger partial charge in [0.2, 0.25) is 0 Å². The lowest BCUT2D eigenvalue weighted by molar-refractivity contribution is 0.0947.